The summed E-state index contributed by atoms with van der Waals surface area (Å²) >= 11 is 0. The molecule has 0 aromatic heterocycles. The minimum absolute atomic E-state index is 0.00686. The molecule has 0 aliphatic rings. The molecule has 1 unspecified atom stereocenters. The fourth-order valence-corrected chi connectivity index (χ4v) is 3.11. The fraction of sp³-hybridized carbons (Fsp3) is 0.250. The zero-order valence-electron chi connectivity index (χ0n) is 15.6. The van der Waals surface area contributed by atoms with Crippen LogP contribution in [0.4, 0.5) is 0 Å². The smallest absolute Gasteiger partial charge is 0.0937 e. The van der Waals surface area contributed by atoms with Gasteiger partial charge >= 0.3 is 0 Å². The average molecular weight is 361 g/mol. The third-order valence-electron chi connectivity index (χ3n) is 4.49. The molecule has 0 bridgehead atoms. The maximum absolute atomic E-state index is 9.83. The number of benzene rings is 3. The van der Waals surface area contributed by atoms with Gasteiger partial charge in [0, 0.05) is 19.6 Å². The molecular weight excluding hydrogens is 334 g/mol. The summed E-state index contributed by atoms with van der Waals surface area (Å²) in [4.78, 5) is 2.33. The summed E-state index contributed by atoms with van der Waals surface area (Å²) in [6.07, 6.45) is -0.224. The Morgan fingerprint density at radius 3 is 1.56 bits per heavy atom. The number of aliphatic hydroxyl groups is 1. The van der Waals surface area contributed by atoms with Crippen LogP contribution in [0.5, 0.6) is 0 Å². The van der Waals surface area contributed by atoms with Crippen molar-refractivity contribution in [3.63, 3.8) is 0 Å². The van der Waals surface area contributed by atoms with E-state index in [-0.39, 0.29) is 12.7 Å². The van der Waals surface area contributed by atoms with Crippen molar-refractivity contribution in [2.24, 2.45) is 0 Å². The molecule has 0 amide bonds. The van der Waals surface area contributed by atoms with Crippen LogP contribution in [-0.4, -0.2) is 29.3 Å². The highest BCUT2D eigenvalue weighted by atomic mass is 16.5. The molecule has 1 N–H and O–H groups in total. The van der Waals surface area contributed by atoms with Crippen LogP contribution in [0.2, 0.25) is 0 Å². The van der Waals surface area contributed by atoms with E-state index in [0.29, 0.717) is 13.2 Å². The van der Waals surface area contributed by atoms with Gasteiger partial charge in [-0.05, 0) is 16.7 Å². The van der Waals surface area contributed by atoms with Gasteiger partial charge < -0.3 is 9.84 Å². The Hall–Kier alpha value is -2.46. The molecule has 140 valence electrons. The maximum Gasteiger partial charge on any atom is 0.0937 e. The van der Waals surface area contributed by atoms with Crippen molar-refractivity contribution in [3.05, 3.63) is 108 Å². The Balaban J connectivity index is 1.64. The van der Waals surface area contributed by atoms with Gasteiger partial charge in [0.1, 0.15) is 0 Å². The summed E-state index contributed by atoms with van der Waals surface area (Å²) in [5.74, 6) is 0. The number of hydrogen-bond acceptors (Lipinski definition) is 3. The van der Waals surface area contributed by atoms with Crippen LogP contribution in [0.1, 0.15) is 16.7 Å². The van der Waals surface area contributed by atoms with Crippen LogP contribution < -0.4 is 0 Å². The highest BCUT2D eigenvalue weighted by Crippen LogP contribution is 2.12. The van der Waals surface area contributed by atoms with Crippen molar-refractivity contribution in [3.8, 4) is 0 Å². The summed E-state index contributed by atoms with van der Waals surface area (Å²) in [6, 6.07) is 30.9. The lowest BCUT2D eigenvalue weighted by atomic mass is 10.1. The molecule has 0 spiro atoms. The number of nitrogens with zero attached hydrogens (tertiary/aromatic N) is 1. The van der Waals surface area contributed by atoms with Crippen LogP contribution >= 0.6 is 0 Å². The standard InChI is InChI=1S/C24H27NO2/c26-19-24(27-20-23-14-8-3-9-15-23)18-25(16-21-10-4-1-5-11-21)17-22-12-6-2-7-13-22/h1-15,24,26H,16-20H2. The van der Waals surface area contributed by atoms with Crippen LogP contribution in [0, 0.1) is 0 Å². The molecule has 1 atom stereocenters. The van der Waals surface area contributed by atoms with E-state index in [0.717, 1.165) is 18.7 Å². The van der Waals surface area contributed by atoms with E-state index < -0.39 is 0 Å². The highest BCUT2D eigenvalue weighted by molar-refractivity contribution is 5.17. The quantitative estimate of drug-likeness (QED) is 0.585. The first-order valence-corrected chi connectivity index (χ1v) is 9.40. The Bertz CT molecular complexity index is 721. The van der Waals surface area contributed by atoms with Crippen molar-refractivity contribution < 1.29 is 9.84 Å². The van der Waals surface area contributed by atoms with E-state index >= 15 is 0 Å². The first-order valence-electron chi connectivity index (χ1n) is 9.40. The molecule has 0 aliphatic carbocycles. The van der Waals surface area contributed by atoms with Crippen LogP contribution in [0.15, 0.2) is 91.0 Å². The van der Waals surface area contributed by atoms with Gasteiger partial charge in [-0.15, -0.1) is 0 Å². The number of aliphatic hydroxyl groups excluding tert-OH is 1. The van der Waals surface area contributed by atoms with E-state index in [4.69, 9.17) is 4.74 Å². The molecule has 0 saturated heterocycles. The van der Waals surface area contributed by atoms with Gasteiger partial charge in [-0.1, -0.05) is 91.0 Å². The van der Waals surface area contributed by atoms with E-state index in [9.17, 15) is 5.11 Å². The van der Waals surface area contributed by atoms with E-state index in [1.54, 1.807) is 0 Å². The molecule has 3 aromatic carbocycles. The lowest BCUT2D eigenvalue weighted by molar-refractivity contribution is -0.0203. The van der Waals surface area contributed by atoms with Crippen molar-refractivity contribution in [1.29, 1.82) is 0 Å². The van der Waals surface area contributed by atoms with Crippen LogP contribution in [0.3, 0.4) is 0 Å². The largest absolute Gasteiger partial charge is 0.394 e. The Morgan fingerprint density at radius 1 is 0.667 bits per heavy atom. The van der Waals surface area contributed by atoms with E-state index in [2.05, 4.69) is 53.4 Å². The topological polar surface area (TPSA) is 32.7 Å². The van der Waals surface area contributed by atoms with Gasteiger partial charge in [0.05, 0.1) is 19.3 Å². The molecule has 3 nitrogen and oxygen atoms in total. The number of hydrogen-bond donors (Lipinski definition) is 1. The van der Waals surface area contributed by atoms with Gasteiger partial charge in [-0.3, -0.25) is 4.90 Å². The highest BCUT2D eigenvalue weighted by Gasteiger charge is 2.15. The van der Waals surface area contributed by atoms with Gasteiger partial charge in [-0.2, -0.15) is 0 Å². The van der Waals surface area contributed by atoms with Crippen molar-refractivity contribution >= 4 is 0 Å². The molecule has 3 aromatic rings. The molecule has 0 heterocycles. The van der Waals surface area contributed by atoms with Gasteiger partial charge in [0.2, 0.25) is 0 Å². The van der Waals surface area contributed by atoms with Crippen molar-refractivity contribution in [2.75, 3.05) is 13.2 Å². The first kappa shape index (κ1) is 19.3. The Kier molecular flexibility index (Phi) is 7.60. The molecule has 0 aliphatic heterocycles. The minimum atomic E-state index is -0.224. The van der Waals surface area contributed by atoms with Gasteiger partial charge in [-0.25, -0.2) is 0 Å². The zero-order chi connectivity index (χ0) is 18.7. The maximum atomic E-state index is 9.83. The monoisotopic (exact) mass is 361 g/mol. The van der Waals surface area contributed by atoms with Gasteiger partial charge in [0.15, 0.2) is 0 Å². The Morgan fingerprint density at radius 2 is 1.11 bits per heavy atom. The summed E-state index contributed by atoms with van der Waals surface area (Å²) in [7, 11) is 0. The van der Waals surface area contributed by atoms with E-state index in [1.165, 1.54) is 11.1 Å². The van der Waals surface area contributed by atoms with E-state index in [1.807, 2.05) is 42.5 Å². The van der Waals surface area contributed by atoms with Crippen LogP contribution in [-0.2, 0) is 24.4 Å². The normalized spacial score (nSPS) is 12.2. The lowest BCUT2D eigenvalue weighted by Gasteiger charge is -2.27. The summed E-state index contributed by atoms with van der Waals surface area (Å²) < 4.78 is 5.99. The summed E-state index contributed by atoms with van der Waals surface area (Å²) in [6.45, 7) is 2.83. The predicted octanol–water partition coefficient (Wildman–Crippen LogP) is 4.27. The second-order valence-electron chi connectivity index (χ2n) is 6.74. The zero-order valence-corrected chi connectivity index (χ0v) is 15.6. The number of rotatable bonds is 10. The molecule has 0 fully saturated rings. The minimum Gasteiger partial charge on any atom is -0.394 e. The molecule has 0 saturated carbocycles. The second-order valence-corrected chi connectivity index (χ2v) is 6.74. The predicted molar refractivity (Wildman–Crippen MR) is 109 cm³/mol. The molecule has 3 heteroatoms. The van der Waals surface area contributed by atoms with Crippen molar-refractivity contribution in [1.82, 2.24) is 4.90 Å². The fourth-order valence-electron chi connectivity index (χ4n) is 3.11. The SMILES string of the molecule is OCC(CN(Cc1ccccc1)Cc1ccccc1)OCc1ccccc1. The van der Waals surface area contributed by atoms with Crippen LogP contribution in [0.25, 0.3) is 0 Å². The van der Waals surface area contributed by atoms with Crippen molar-refractivity contribution in [2.45, 2.75) is 25.8 Å². The number of ether oxygens (including phenoxy) is 1. The molecule has 3 rings (SSSR count). The third-order valence-corrected chi connectivity index (χ3v) is 4.49. The second kappa shape index (κ2) is 10.6. The van der Waals surface area contributed by atoms with Gasteiger partial charge in [0.25, 0.3) is 0 Å². The first-order chi connectivity index (χ1) is 13.3. The third kappa shape index (κ3) is 6.65. The lowest BCUT2D eigenvalue weighted by Crippen LogP contribution is -2.35. The molecular formula is C24H27NO2. The molecule has 27 heavy (non-hydrogen) atoms. The molecule has 0 radical (unpaired) electrons. The average Bonchev–Trinajstić information content (AvgIpc) is 2.73. The summed E-state index contributed by atoms with van der Waals surface area (Å²) in [5.41, 5.74) is 3.63. The Labute approximate surface area is 161 Å². The summed E-state index contributed by atoms with van der Waals surface area (Å²) in [5, 5.41) is 9.83.